The summed E-state index contributed by atoms with van der Waals surface area (Å²) in [7, 11) is 13.9. The van der Waals surface area contributed by atoms with E-state index in [1.807, 2.05) is 11.4 Å². The number of hydrogen-bond donors (Lipinski definition) is 2. The van der Waals surface area contributed by atoms with Crippen molar-refractivity contribution in [3.63, 3.8) is 0 Å². The fourth-order valence-corrected chi connectivity index (χ4v) is 10.3. The van der Waals surface area contributed by atoms with E-state index in [1.165, 1.54) is 66.3 Å². The van der Waals surface area contributed by atoms with Crippen LogP contribution >= 0.6 is 40.1 Å². The maximum absolute atomic E-state index is 13.2. The van der Waals surface area contributed by atoms with Crippen LogP contribution in [0.5, 0.6) is 0 Å². The van der Waals surface area contributed by atoms with Crippen molar-refractivity contribution in [2.75, 3.05) is 0 Å². The summed E-state index contributed by atoms with van der Waals surface area (Å²) in [6.45, 7) is 4.75. The van der Waals surface area contributed by atoms with Crippen LogP contribution in [0.3, 0.4) is 0 Å². The third kappa shape index (κ3) is 45.7. The molecule has 0 amide bonds. The number of nitrogens with one attached hydrogen (secondary N) is 2. The third-order valence-electron chi connectivity index (χ3n) is 15.7. The maximum atomic E-state index is 13.2. The quantitative estimate of drug-likeness (QED) is 0.107. The summed E-state index contributed by atoms with van der Waals surface area (Å²) in [5.41, 5.74) is 6.88. The SMILES string of the molecule is Fc1c[c-]c(-c2ccccn2)c(F)c1.Fc1c[c-]c(-c2ccccn2)c(F)c1.Fc1c[c-]c(-c2ccccn2)c(F)c1.Fc1c[c-]c(-c2ccccn2)c(F)c1.Fc1c[c-]c(-c2ccccn2)c(F)c1.Fc1c[c-]c(-c2ccccn2)c(F)c1.Fc1c[c-]c(-c2ccccn2)c(F)c1.Fc1c[c-]c(-c2ccccn2)c(F)c1.[C-]#N.[Cl][Ir+2].[Cl][Ir+2].[Cl][Ir+2].[Ir+3].c1c[nH]cn1.c1cn[nH]c1.c1cocn1.c1cscn1. The van der Waals surface area contributed by atoms with Gasteiger partial charge in [-0.1, -0.05) is 190 Å². The van der Waals surface area contributed by atoms with E-state index in [4.69, 9.17) is 11.8 Å². The molecule has 0 bridgehead atoms. The summed E-state index contributed by atoms with van der Waals surface area (Å²) in [5, 5.41) is 14.4. The molecular weight excluding hydrogens is 2650 g/mol. The summed E-state index contributed by atoms with van der Waals surface area (Å²) in [6.07, 6.45) is 27.2. The molecule has 0 saturated carbocycles. The van der Waals surface area contributed by atoms with Gasteiger partial charge in [0.2, 0.25) is 0 Å². The number of pyridine rings is 8. The van der Waals surface area contributed by atoms with Gasteiger partial charge in [-0.2, -0.15) is 5.10 Å². The summed E-state index contributed by atoms with van der Waals surface area (Å²) in [4.78, 5) is 45.3. The van der Waals surface area contributed by atoms with Crippen LogP contribution < -0.4 is 0 Å². The Bertz CT molecular complexity index is 5490. The van der Waals surface area contributed by atoms with Gasteiger partial charge in [0.1, 0.15) is 6.26 Å². The van der Waals surface area contributed by atoms with Crippen molar-refractivity contribution in [1.29, 1.82) is 5.26 Å². The molecule has 0 atom stereocenters. The van der Waals surface area contributed by atoms with Gasteiger partial charge >= 0.3 is 103 Å². The van der Waals surface area contributed by atoms with Gasteiger partial charge in [0.15, 0.2) is 6.39 Å². The number of aromatic nitrogens is 14. The number of benzene rings is 8. The summed E-state index contributed by atoms with van der Waals surface area (Å²) in [5.74, 6) is -10.3. The van der Waals surface area contributed by atoms with Gasteiger partial charge in [-0.05, 0) is 100 Å². The van der Waals surface area contributed by atoms with Crippen LogP contribution in [0.1, 0.15) is 0 Å². The first kappa shape index (κ1) is 119. The van der Waals surface area contributed by atoms with Crippen molar-refractivity contribution in [3.05, 3.63) is 514 Å². The van der Waals surface area contributed by atoms with E-state index in [9.17, 15) is 70.2 Å². The number of imidazole rings is 1. The topological polar surface area (TPSA) is 223 Å². The Morgan fingerprint density at radius 3 is 0.596 bits per heavy atom. The van der Waals surface area contributed by atoms with Crippen molar-refractivity contribution in [3.8, 4) is 90.1 Å². The van der Waals surface area contributed by atoms with Crippen molar-refractivity contribution in [1.82, 2.24) is 70.0 Å². The van der Waals surface area contributed by atoms with Gasteiger partial charge in [-0.3, -0.25) is 80.3 Å². The van der Waals surface area contributed by atoms with Crippen LogP contribution in [-0.2, 0) is 73.8 Å². The molecule has 2 N–H and O–H groups in total. The molecule has 0 radical (unpaired) electrons. The minimum Gasteiger partial charge on any atom is -0.452 e. The van der Waals surface area contributed by atoms with E-state index in [2.05, 4.69) is 152 Å². The van der Waals surface area contributed by atoms with Gasteiger partial charge in [0.05, 0.1) is 18.0 Å². The monoisotopic (exact) mass is 2710 g/mol. The van der Waals surface area contributed by atoms with E-state index in [0.29, 0.717) is 45.6 Å². The second-order valence-electron chi connectivity index (χ2n) is 24.9. The molecule has 16 nitrogen and oxygen atoms in total. The third-order valence-corrected chi connectivity index (χ3v) is 16.3. The summed E-state index contributed by atoms with van der Waals surface area (Å²) < 4.78 is 211. The van der Waals surface area contributed by atoms with Crippen molar-refractivity contribution in [2.24, 2.45) is 0 Å². The molecule has 141 heavy (non-hydrogen) atoms. The molecule has 12 aromatic heterocycles. The van der Waals surface area contributed by atoms with E-state index < -0.39 is 93.1 Å². The smallest absolute Gasteiger partial charge is 0.452 e. The second-order valence-corrected chi connectivity index (χ2v) is 25.7. The van der Waals surface area contributed by atoms with Crippen LogP contribution in [0, 0.1) is 153 Å². The zero-order chi connectivity index (χ0) is 102. The normalized spacial score (nSPS) is 9.33. The van der Waals surface area contributed by atoms with Crippen molar-refractivity contribution < 1.29 is 148 Å². The van der Waals surface area contributed by atoms with Gasteiger partial charge in [-0.15, -0.1) is 108 Å². The zero-order valence-electron chi connectivity index (χ0n) is 71.3. The molecule has 0 spiro atoms. The summed E-state index contributed by atoms with van der Waals surface area (Å²) in [6, 6.07) is 78.0. The molecule has 0 aliphatic heterocycles. The van der Waals surface area contributed by atoms with Crippen LogP contribution in [-0.4, -0.2) is 70.0 Å². The Morgan fingerprint density at radius 2 is 0.504 bits per heavy atom. The van der Waals surface area contributed by atoms with Crippen LogP contribution in [0.15, 0.2) is 370 Å². The number of halogens is 19. The van der Waals surface area contributed by atoms with Crippen LogP contribution in [0.2, 0.25) is 0 Å². The molecule has 40 heteroatoms. The first-order chi connectivity index (χ1) is 68.2. The minimum absolute atomic E-state index is 0. The van der Waals surface area contributed by atoms with Gasteiger partial charge in [0, 0.05) is 179 Å². The number of aromatic amines is 2. The predicted molar refractivity (Wildman–Crippen MR) is 486 cm³/mol. The molecule has 0 aliphatic rings. The Morgan fingerprint density at radius 1 is 0.277 bits per heavy atom. The molecule has 12 heterocycles. The maximum Gasteiger partial charge on any atom is 3.00 e. The van der Waals surface area contributed by atoms with Gasteiger partial charge in [-0.25, -0.2) is 9.97 Å². The first-order valence-electron chi connectivity index (χ1n) is 38.5. The second kappa shape index (κ2) is 71.5. The number of hydrogen-bond acceptors (Lipinski definition) is 15. The van der Waals surface area contributed by atoms with E-state index >= 15 is 0 Å². The Labute approximate surface area is 860 Å². The average Bonchev–Trinajstić information content (AvgIpc) is 1.28. The fourth-order valence-electron chi connectivity index (χ4n) is 10.00. The summed E-state index contributed by atoms with van der Waals surface area (Å²) >= 11 is 6.02. The minimum atomic E-state index is -0.649. The van der Waals surface area contributed by atoms with Crippen LogP contribution in [0.4, 0.5) is 70.2 Å². The molecule has 0 unspecified atom stereocenters. The average molecular weight is 2710 g/mol. The van der Waals surface area contributed by atoms with Crippen molar-refractivity contribution >= 4 is 40.1 Å². The van der Waals surface area contributed by atoms with E-state index in [0.717, 1.165) is 97.1 Å². The molecular formula is C101H62Cl3F16Ir4N15OS. The largest absolute Gasteiger partial charge is 3.00 e. The Balaban J connectivity index is 0.000000323. The number of H-pyrrole nitrogens is 2. The number of oxazole rings is 1. The first-order valence-corrected chi connectivity index (χ1v) is 48.4. The van der Waals surface area contributed by atoms with Gasteiger partial charge in [0.25, 0.3) is 0 Å². The standard InChI is InChI=1S/8C11H6F2N.2C3H4N2.C3H3NO.C3H3NS.CN.3ClH.4Ir/c8*12-8-4-5-9(10(13)7-8)11-3-1-2-6-14-11;1-2-5-3-4-1;1-2-4-5-3-1;2*1-2-5-3-4-1;1-2;;;;;;;/h8*1-4,6-7H;2*1-3H,(H,4,5);2*1-3H;;3*1H;;;;/q8*-1;;;;;-1;;;;4*+3/p-3. The van der Waals surface area contributed by atoms with E-state index in [1.54, 1.807) is 256 Å². The van der Waals surface area contributed by atoms with Gasteiger partial charge < -0.3 is 61.1 Å². The molecule has 722 valence electrons. The number of rotatable bonds is 8. The van der Waals surface area contributed by atoms with E-state index in [-0.39, 0.29) is 64.6 Å². The van der Waals surface area contributed by atoms with Crippen LogP contribution in [0.25, 0.3) is 90.1 Å². The zero-order valence-corrected chi connectivity index (χ0v) is 84.0. The number of thiazole rings is 1. The molecule has 20 rings (SSSR count). The molecule has 0 saturated heterocycles. The molecule has 8 aromatic carbocycles. The fraction of sp³-hybridized carbons (Fsp3) is 0. The number of nitrogens with zero attached hydrogens (tertiary/aromatic N) is 13. The predicted octanol–water partition coefficient (Wildman–Crippen LogP) is 27.4. The van der Waals surface area contributed by atoms with Crippen molar-refractivity contribution in [2.45, 2.75) is 0 Å². The molecule has 0 fully saturated rings. The molecule has 20 aromatic rings. The Hall–Kier alpha value is -13.9. The molecule has 0 aliphatic carbocycles. The Kier molecular flexibility index (Phi) is 60.5.